The third kappa shape index (κ3) is 4.43. The van der Waals surface area contributed by atoms with E-state index in [0.717, 1.165) is 35.3 Å². The highest BCUT2D eigenvalue weighted by atomic mass is 32.2. The van der Waals surface area contributed by atoms with E-state index in [0.29, 0.717) is 18.8 Å². The molecule has 1 N–H and O–H groups in total. The molecule has 0 spiro atoms. The van der Waals surface area contributed by atoms with E-state index in [9.17, 15) is 18.0 Å². The Balaban J connectivity index is 1.63. The Morgan fingerprint density at radius 1 is 1.14 bits per heavy atom. The number of nitrogens with one attached hydrogen (secondary N) is 1. The molecule has 9 heteroatoms. The van der Waals surface area contributed by atoms with Crippen molar-refractivity contribution in [3.05, 3.63) is 45.6 Å². The van der Waals surface area contributed by atoms with Crippen LogP contribution >= 0.6 is 11.3 Å². The maximum atomic E-state index is 12.7. The third-order valence-electron chi connectivity index (χ3n) is 4.62. The van der Waals surface area contributed by atoms with Crippen LogP contribution < -0.4 is 5.32 Å². The zero-order valence-electron chi connectivity index (χ0n) is 15.7. The maximum Gasteiger partial charge on any atom is 0.350 e. The second kappa shape index (κ2) is 8.42. The van der Waals surface area contributed by atoms with E-state index in [1.165, 1.54) is 15.8 Å². The molecule has 28 heavy (non-hydrogen) atoms. The number of aryl methyl sites for hydroxylation is 2. The lowest BCUT2D eigenvalue weighted by molar-refractivity contribution is -0.119. The standard InChI is InChI=1S/C19H22N2O5S2/c1-13-5-6-15(11-14(13)2)20-17(22)12-26-19(23)18-16(7-10-27-18)28(24,25)21-8-3-4-9-21/h5-7,10-11H,3-4,8-9,12H2,1-2H3,(H,20,22). The van der Waals surface area contributed by atoms with Crippen LogP contribution in [0, 0.1) is 13.8 Å². The average molecular weight is 423 g/mol. The molecule has 2 heterocycles. The van der Waals surface area contributed by atoms with Crippen molar-refractivity contribution in [2.75, 3.05) is 25.0 Å². The molecule has 1 aliphatic rings. The monoisotopic (exact) mass is 422 g/mol. The van der Waals surface area contributed by atoms with Gasteiger partial charge in [0.1, 0.15) is 9.77 Å². The van der Waals surface area contributed by atoms with Crippen molar-refractivity contribution in [1.29, 1.82) is 0 Å². The van der Waals surface area contributed by atoms with Crippen LogP contribution in [0.1, 0.15) is 33.6 Å². The maximum absolute atomic E-state index is 12.7. The summed E-state index contributed by atoms with van der Waals surface area (Å²) in [6.45, 7) is 4.31. The minimum absolute atomic E-state index is 0.00844. The van der Waals surface area contributed by atoms with Crippen molar-refractivity contribution in [2.24, 2.45) is 0 Å². The van der Waals surface area contributed by atoms with Gasteiger partial charge in [-0.25, -0.2) is 13.2 Å². The van der Waals surface area contributed by atoms with Crippen LogP contribution in [0.4, 0.5) is 5.69 Å². The van der Waals surface area contributed by atoms with Gasteiger partial charge in [-0.2, -0.15) is 4.31 Å². The molecule has 0 radical (unpaired) electrons. The number of carbonyl (C=O) groups is 2. The molecule has 1 aliphatic heterocycles. The van der Waals surface area contributed by atoms with Crippen LogP contribution in [0.2, 0.25) is 0 Å². The number of thiophene rings is 1. The lowest BCUT2D eigenvalue weighted by Gasteiger charge is -2.15. The number of anilines is 1. The van der Waals surface area contributed by atoms with Crippen LogP contribution in [-0.4, -0.2) is 44.3 Å². The van der Waals surface area contributed by atoms with Gasteiger partial charge in [-0.05, 0) is 61.4 Å². The molecular weight excluding hydrogens is 400 g/mol. The molecule has 0 saturated carbocycles. The summed E-state index contributed by atoms with van der Waals surface area (Å²) in [5, 5.41) is 4.20. The fourth-order valence-electron chi connectivity index (χ4n) is 2.93. The first-order valence-corrected chi connectivity index (χ1v) is 11.2. The average Bonchev–Trinajstić information content (AvgIpc) is 3.35. The molecule has 1 aromatic carbocycles. The quantitative estimate of drug-likeness (QED) is 0.723. The highest BCUT2D eigenvalue weighted by molar-refractivity contribution is 7.89. The second-order valence-electron chi connectivity index (χ2n) is 6.65. The van der Waals surface area contributed by atoms with Crippen molar-refractivity contribution < 1.29 is 22.7 Å². The number of carbonyl (C=O) groups excluding carboxylic acids is 2. The van der Waals surface area contributed by atoms with Gasteiger partial charge in [0.2, 0.25) is 10.0 Å². The summed E-state index contributed by atoms with van der Waals surface area (Å²) in [6, 6.07) is 6.89. The fraction of sp³-hybridized carbons (Fsp3) is 0.368. The summed E-state index contributed by atoms with van der Waals surface area (Å²) in [5.41, 5.74) is 2.75. The summed E-state index contributed by atoms with van der Waals surface area (Å²) in [5.74, 6) is -1.31. The van der Waals surface area contributed by atoms with Gasteiger partial charge < -0.3 is 10.1 Å². The molecule has 3 rings (SSSR count). The number of ether oxygens (including phenoxy) is 1. The first kappa shape index (κ1) is 20.5. The van der Waals surface area contributed by atoms with Crippen molar-refractivity contribution in [1.82, 2.24) is 4.31 Å². The largest absolute Gasteiger partial charge is 0.451 e. The predicted octanol–water partition coefficient (Wildman–Crippen LogP) is 2.94. The van der Waals surface area contributed by atoms with Crippen molar-refractivity contribution in [2.45, 2.75) is 31.6 Å². The van der Waals surface area contributed by atoms with Crippen LogP contribution in [0.15, 0.2) is 34.5 Å². The van der Waals surface area contributed by atoms with E-state index in [-0.39, 0.29) is 9.77 Å². The Kier molecular flexibility index (Phi) is 6.17. The minimum Gasteiger partial charge on any atom is -0.451 e. The van der Waals surface area contributed by atoms with Crippen molar-refractivity contribution in [3.63, 3.8) is 0 Å². The number of hydrogen-bond acceptors (Lipinski definition) is 6. The van der Waals surface area contributed by atoms with Gasteiger partial charge in [-0.3, -0.25) is 4.79 Å². The molecule has 2 aromatic rings. The number of benzene rings is 1. The van der Waals surface area contributed by atoms with Gasteiger partial charge in [0.05, 0.1) is 0 Å². The Hall–Kier alpha value is -2.23. The van der Waals surface area contributed by atoms with Crippen LogP contribution in [-0.2, 0) is 19.6 Å². The lowest BCUT2D eigenvalue weighted by atomic mass is 10.1. The summed E-state index contributed by atoms with van der Waals surface area (Å²) in [6.07, 6.45) is 1.61. The highest BCUT2D eigenvalue weighted by Crippen LogP contribution is 2.28. The van der Waals surface area contributed by atoms with Crippen LogP contribution in [0.25, 0.3) is 0 Å². The molecule has 1 aromatic heterocycles. The zero-order chi connectivity index (χ0) is 20.3. The van der Waals surface area contributed by atoms with E-state index in [1.807, 2.05) is 26.0 Å². The number of hydrogen-bond donors (Lipinski definition) is 1. The Morgan fingerprint density at radius 3 is 2.54 bits per heavy atom. The summed E-state index contributed by atoms with van der Waals surface area (Å²) in [7, 11) is -3.72. The fourth-order valence-corrected chi connectivity index (χ4v) is 5.73. The van der Waals surface area contributed by atoms with E-state index in [4.69, 9.17) is 4.74 Å². The van der Waals surface area contributed by atoms with E-state index in [2.05, 4.69) is 5.32 Å². The van der Waals surface area contributed by atoms with Gasteiger partial charge in [0, 0.05) is 18.8 Å². The smallest absolute Gasteiger partial charge is 0.350 e. The number of sulfonamides is 1. The van der Waals surface area contributed by atoms with Crippen molar-refractivity contribution in [3.8, 4) is 0 Å². The molecule has 1 fully saturated rings. The summed E-state index contributed by atoms with van der Waals surface area (Å²) < 4.78 is 31.8. The lowest BCUT2D eigenvalue weighted by Crippen LogP contribution is -2.29. The summed E-state index contributed by atoms with van der Waals surface area (Å²) in [4.78, 5) is 24.4. The van der Waals surface area contributed by atoms with Gasteiger partial charge >= 0.3 is 5.97 Å². The minimum atomic E-state index is -3.72. The van der Waals surface area contributed by atoms with E-state index in [1.54, 1.807) is 6.07 Å². The Morgan fingerprint density at radius 2 is 1.86 bits per heavy atom. The van der Waals surface area contributed by atoms with Crippen molar-refractivity contribution >= 4 is 38.9 Å². The zero-order valence-corrected chi connectivity index (χ0v) is 17.4. The van der Waals surface area contributed by atoms with Gasteiger partial charge in [0.15, 0.2) is 6.61 Å². The first-order chi connectivity index (χ1) is 13.3. The number of nitrogens with zero attached hydrogens (tertiary/aromatic N) is 1. The van der Waals surface area contributed by atoms with E-state index >= 15 is 0 Å². The number of esters is 1. The highest BCUT2D eigenvalue weighted by Gasteiger charge is 2.32. The third-order valence-corrected chi connectivity index (χ3v) is 7.59. The molecule has 0 atom stereocenters. The molecule has 0 unspecified atom stereocenters. The summed E-state index contributed by atoms with van der Waals surface area (Å²) >= 11 is 0.990. The predicted molar refractivity (Wildman–Crippen MR) is 107 cm³/mol. The van der Waals surface area contributed by atoms with Gasteiger partial charge in [-0.15, -0.1) is 11.3 Å². The topological polar surface area (TPSA) is 92.8 Å². The first-order valence-electron chi connectivity index (χ1n) is 8.91. The molecule has 0 aliphatic carbocycles. The van der Waals surface area contributed by atoms with Gasteiger partial charge in [0.25, 0.3) is 5.91 Å². The molecule has 1 amide bonds. The van der Waals surface area contributed by atoms with Gasteiger partial charge in [-0.1, -0.05) is 6.07 Å². The molecular formula is C19H22N2O5S2. The molecule has 0 bridgehead atoms. The Labute approximate surface area is 168 Å². The SMILES string of the molecule is Cc1ccc(NC(=O)COC(=O)c2sccc2S(=O)(=O)N2CCCC2)cc1C. The molecule has 7 nitrogen and oxygen atoms in total. The second-order valence-corrected chi connectivity index (χ2v) is 9.47. The Bertz CT molecular complexity index is 992. The number of amides is 1. The normalized spacial score (nSPS) is 14.8. The molecule has 1 saturated heterocycles. The van der Waals surface area contributed by atoms with E-state index < -0.39 is 28.5 Å². The van der Waals surface area contributed by atoms with Crippen LogP contribution in [0.3, 0.4) is 0 Å². The number of rotatable bonds is 6. The van der Waals surface area contributed by atoms with Crippen LogP contribution in [0.5, 0.6) is 0 Å². The molecule has 150 valence electrons.